The van der Waals surface area contributed by atoms with Gasteiger partial charge < -0.3 is 10.2 Å². The lowest BCUT2D eigenvalue weighted by atomic mass is 9.98. The summed E-state index contributed by atoms with van der Waals surface area (Å²) in [6.45, 7) is 3.74. The third kappa shape index (κ3) is 4.16. The number of urea groups is 1. The maximum Gasteiger partial charge on any atom is 0.317 e. The second-order valence-corrected chi connectivity index (χ2v) is 7.66. The Morgan fingerprint density at radius 1 is 1.33 bits per heavy atom. The Hall–Kier alpha value is -2.74. The number of hydrogen-bond acceptors (Lipinski definition) is 5. The molecule has 3 aromatic rings. The average Bonchev–Trinajstić information content (AvgIpc) is 3.36. The fourth-order valence-corrected chi connectivity index (χ4v) is 4.05. The van der Waals surface area contributed by atoms with Crippen LogP contribution in [0.15, 0.2) is 35.7 Å². The van der Waals surface area contributed by atoms with E-state index in [-0.39, 0.29) is 11.9 Å². The summed E-state index contributed by atoms with van der Waals surface area (Å²) in [7, 11) is 0. The number of hydrogen-bond donors (Lipinski definition) is 2. The van der Waals surface area contributed by atoms with E-state index in [0.29, 0.717) is 13.1 Å². The molecular weight excluding hydrogens is 360 g/mol. The van der Waals surface area contributed by atoms with Crippen LogP contribution >= 0.6 is 11.3 Å². The Kier molecular flexibility index (Phi) is 5.15. The predicted octanol–water partition coefficient (Wildman–Crippen LogP) is 3.33. The molecular formula is C19H22N6OS. The Morgan fingerprint density at radius 2 is 2.19 bits per heavy atom. The fourth-order valence-electron chi connectivity index (χ4n) is 3.31. The summed E-state index contributed by atoms with van der Waals surface area (Å²) < 4.78 is 0. The normalized spacial score (nSPS) is 17.1. The van der Waals surface area contributed by atoms with Crippen LogP contribution in [0.4, 0.5) is 4.79 Å². The molecule has 0 bridgehead atoms. The van der Waals surface area contributed by atoms with Crippen molar-refractivity contribution in [2.45, 2.75) is 32.2 Å². The number of likely N-dealkylation sites (tertiary alicyclic amines) is 1. The molecule has 1 aliphatic heterocycles. The Balaban J connectivity index is 1.33. The number of carbonyl (C=O) groups excluding carboxylic acids is 1. The minimum atomic E-state index is -0.0524. The number of nitrogens with zero attached hydrogens (tertiary/aromatic N) is 4. The number of H-pyrrole nitrogens is 1. The third-order valence-electron chi connectivity index (χ3n) is 4.70. The molecule has 2 amide bonds. The zero-order chi connectivity index (χ0) is 18.6. The van der Waals surface area contributed by atoms with Crippen molar-refractivity contribution in [2.75, 3.05) is 13.1 Å². The number of carbonyl (C=O) groups is 1. The number of nitrogens with one attached hydrogen (secondary N) is 2. The lowest BCUT2D eigenvalue weighted by Gasteiger charge is -2.31. The molecule has 140 valence electrons. The number of aromatic amines is 1. The van der Waals surface area contributed by atoms with Gasteiger partial charge in [-0.05, 0) is 19.8 Å². The van der Waals surface area contributed by atoms with E-state index in [2.05, 4.69) is 25.5 Å². The number of rotatable bonds is 4. The molecule has 0 saturated carbocycles. The van der Waals surface area contributed by atoms with Gasteiger partial charge in [-0.15, -0.1) is 11.3 Å². The third-order valence-corrected chi connectivity index (χ3v) is 5.55. The summed E-state index contributed by atoms with van der Waals surface area (Å²) in [6.07, 6.45) is 1.97. The van der Waals surface area contributed by atoms with Crippen LogP contribution in [-0.2, 0) is 6.54 Å². The van der Waals surface area contributed by atoms with Crippen molar-refractivity contribution in [2.24, 2.45) is 0 Å². The molecule has 2 N–H and O–H groups in total. The molecule has 0 radical (unpaired) electrons. The summed E-state index contributed by atoms with van der Waals surface area (Å²) in [5.41, 5.74) is 2.04. The van der Waals surface area contributed by atoms with Gasteiger partial charge in [0.05, 0.1) is 12.2 Å². The van der Waals surface area contributed by atoms with Crippen LogP contribution in [0.5, 0.6) is 0 Å². The van der Waals surface area contributed by atoms with Crippen LogP contribution in [0, 0.1) is 6.92 Å². The molecule has 0 spiro atoms. The SMILES string of the molecule is Cc1nc([C@@H]2CCCN(C(=O)NCc3nc(-c4ccccc4)cs3)C2)n[nH]1. The summed E-state index contributed by atoms with van der Waals surface area (Å²) in [5, 5.41) is 13.1. The van der Waals surface area contributed by atoms with Gasteiger partial charge in [0.1, 0.15) is 10.8 Å². The molecule has 8 heteroatoms. The second kappa shape index (κ2) is 7.87. The van der Waals surface area contributed by atoms with E-state index in [9.17, 15) is 4.79 Å². The number of piperidine rings is 1. The molecule has 3 heterocycles. The first kappa shape index (κ1) is 17.7. The zero-order valence-electron chi connectivity index (χ0n) is 15.2. The van der Waals surface area contributed by atoms with Crippen molar-refractivity contribution in [3.8, 4) is 11.3 Å². The number of thiazole rings is 1. The van der Waals surface area contributed by atoms with Gasteiger partial charge in [0.25, 0.3) is 0 Å². The molecule has 2 aromatic heterocycles. The average molecular weight is 382 g/mol. The highest BCUT2D eigenvalue weighted by Crippen LogP contribution is 2.25. The van der Waals surface area contributed by atoms with Crippen LogP contribution in [0.1, 0.15) is 35.4 Å². The summed E-state index contributed by atoms with van der Waals surface area (Å²) in [5.74, 6) is 1.81. The lowest BCUT2D eigenvalue weighted by Crippen LogP contribution is -2.44. The van der Waals surface area contributed by atoms with Crippen molar-refractivity contribution in [1.82, 2.24) is 30.4 Å². The van der Waals surface area contributed by atoms with E-state index in [0.717, 1.165) is 47.3 Å². The van der Waals surface area contributed by atoms with Gasteiger partial charge in [-0.2, -0.15) is 5.10 Å². The van der Waals surface area contributed by atoms with Gasteiger partial charge in [0.2, 0.25) is 0 Å². The van der Waals surface area contributed by atoms with E-state index < -0.39 is 0 Å². The van der Waals surface area contributed by atoms with Gasteiger partial charge in [0, 0.05) is 30.0 Å². The molecule has 4 rings (SSSR count). The van der Waals surface area contributed by atoms with Crippen molar-refractivity contribution >= 4 is 17.4 Å². The highest BCUT2D eigenvalue weighted by atomic mass is 32.1. The van der Waals surface area contributed by atoms with Crippen molar-refractivity contribution in [3.63, 3.8) is 0 Å². The first-order chi connectivity index (χ1) is 13.2. The van der Waals surface area contributed by atoms with E-state index in [1.165, 1.54) is 0 Å². The molecule has 0 aliphatic carbocycles. The zero-order valence-corrected chi connectivity index (χ0v) is 16.0. The molecule has 1 atom stereocenters. The Labute approximate surface area is 161 Å². The van der Waals surface area contributed by atoms with Crippen LogP contribution in [0.2, 0.25) is 0 Å². The highest BCUT2D eigenvalue weighted by molar-refractivity contribution is 7.09. The monoisotopic (exact) mass is 382 g/mol. The maximum atomic E-state index is 12.6. The molecule has 1 aromatic carbocycles. The van der Waals surface area contributed by atoms with Gasteiger partial charge >= 0.3 is 6.03 Å². The molecule has 7 nitrogen and oxygen atoms in total. The van der Waals surface area contributed by atoms with E-state index in [1.807, 2.05) is 47.5 Å². The fraction of sp³-hybridized carbons (Fsp3) is 0.368. The van der Waals surface area contributed by atoms with Crippen LogP contribution in [0.3, 0.4) is 0 Å². The molecule has 1 aliphatic rings. The van der Waals surface area contributed by atoms with Crippen molar-refractivity contribution in [1.29, 1.82) is 0 Å². The van der Waals surface area contributed by atoms with Crippen LogP contribution in [-0.4, -0.2) is 44.2 Å². The molecule has 27 heavy (non-hydrogen) atoms. The van der Waals surface area contributed by atoms with E-state index >= 15 is 0 Å². The quantitative estimate of drug-likeness (QED) is 0.725. The minimum absolute atomic E-state index is 0.0524. The van der Waals surface area contributed by atoms with E-state index in [4.69, 9.17) is 0 Å². The lowest BCUT2D eigenvalue weighted by molar-refractivity contribution is 0.178. The topological polar surface area (TPSA) is 86.8 Å². The molecule has 0 unspecified atom stereocenters. The van der Waals surface area contributed by atoms with Gasteiger partial charge in [0.15, 0.2) is 5.82 Å². The van der Waals surface area contributed by atoms with E-state index in [1.54, 1.807) is 11.3 Å². The van der Waals surface area contributed by atoms with Gasteiger partial charge in [-0.3, -0.25) is 5.10 Å². The first-order valence-electron chi connectivity index (χ1n) is 9.10. The maximum absolute atomic E-state index is 12.6. The number of aromatic nitrogens is 4. The van der Waals surface area contributed by atoms with Gasteiger partial charge in [-0.1, -0.05) is 30.3 Å². The molecule has 1 saturated heterocycles. The van der Waals surface area contributed by atoms with Crippen molar-refractivity contribution in [3.05, 3.63) is 52.4 Å². The summed E-state index contributed by atoms with van der Waals surface area (Å²) in [6, 6.07) is 10.0. The first-order valence-corrected chi connectivity index (χ1v) is 9.98. The van der Waals surface area contributed by atoms with Gasteiger partial charge in [-0.25, -0.2) is 14.8 Å². The number of aryl methyl sites for hydroxylation is 1. The van der Waals surface area contributed by atoms with Crippen LogP contribution < -0.4 is 5.32 Å². The number of benzene rings is 1. The minimum Gasteiger partial charge on any atom is -0.331 e. The summed E-state index contributed by atoms with van der Waals surface area (Å²) >= 11 is 1.56. The predicted molar refractivity (Wildman–Crippen MR) is 104 cm³/mol. The van der Waals surface area contributed by atoms with Crippen LogP contribution in [0.25, 0.3) is 11.3 Å². The largest absolute Gasteiger partial charge is 0.331 e. The standard InChI is InChI=1S/C19H22N6OS/c1-13-21-18(24-23-13)15-8-5-9-25(11-15)19(26)20-10-17-22-16(12-27-17)14-6-3-2-4-7-14/h2-4,6-7,12,15H,5,8-11H2,1H3,(H,20,26)(H,21,23,24)/t15-/m1/s1. The number of amides is 2. The highest BCUT2D eigenvalue weighted by Gasteiger charge is 2.27. The molecule has 1 fully saturated rings. The second-order valence-electron chi connectivity index (χ2n) is 6.72. The smallest absolute Gasteiger partial charge is 0.317 e. The summed E-state index contributed by atoms with van der Waals surface area (Å²) in [4.78, 5) is 23.5. The Morgan fingerprint density at radius 3 is 2.96 bits per heavy atom. The Bertz CT molecular complexity index is 906. The van der Waals surface area contributed by atoms with Crippen molar-refractivity contribution < 1.29 is 4.79 Å².